The van der Waals surface area contributed by atoms with E-state index in [1.807, 2.05) is 6.92 Å². The Balaban J connectivity index is 1.96. The Kier molecular flexibility index (Phi) is 9.08. The number of sulfonamides is 1. The number of hydrogen-bond acceptors (Lipinski definition) is 9. The van der Waals surface area contributed by atoms with Gasteiger partial charge in [-0.05, 0) is 55.0 Å². The van der Waals surface area contributed by atoms with E-state index in [1.54, 1.807) is 0 Å². The first-order valence-electron chi connectivity index (χ1n) is 11.6. The Morgan fingerprint density at radius 3 is 2.18 bits per heavy atom. The third kappa shape index (κ3) is 6.30. The molecule has 0 amide bonds. The average molecular weight is 541 g/mol. The highest BCUT2D eigenvalue weighted by Gasteiger charge is 2.26. The first-order valence-corrected chi connectivity index (χ1v) is 13.1. The van der Waals surface area contributed by atoms with Crippen molar-refractivity contribution in [3.63, 3.8) is 0 Å². The molecule has 3 aromatic rings. The minimum atomic E-state index is -4.14. The number of ketones is 1. The molecule has 0 saturated carbocycles. The van der Waals surface area contributed by atoms with Gasteiger partial charge in [0.2, 0.25) is 0 Å². The maximum atomic E-state index is 13.2. The van der Waals surface area contributed by atoms with Crippen LogP contribution in [0.5, 0.6) is 5.75 Å². The van der Waals surface area contributed by atoms with E-state index in [4.69, 9.17) is 15.2 Å². The summed E-state index contributed by atoms with van der Waals surface area (Å²) in [5, 5.41) is 0. The molecule has 3 aromatic carbocycles. The summed E-state index contributed by atoms with van der Waals surface area (Å²) in [6.07, 6.45) is 1.83. The van der Waals surface area contributed by atoms with Crippen molar-refractivity contribution in [2.24, 2.45) is 0 Å². The van der Waals surface area contributed by atoms with Crippen LogP contribution in [0.2, 0.25) is 0 Å². The summed E-state index contributed by atoms with van der Waals surface area (Å²) < 4.78 is 43.5. The lowest BCUT2D eigenvalue weighted by Crippen LogP contribution is -2.19. The molecule has 3 N–H and O–H groups in total. The number of unbranched alkanes of at least 4 members (excludes halogenated alkanes) is 1. The Morgan fingerprint density at radius 1 is 0.895 bits per heavy atom. The number of esters is 2. The molecule has 0 radical (unpaired) electrons. The molecule has 0 aliphatic heterocycles. The summed E-state index contributed by atoms with van der Waals surface area (Å²) in [4.78, 5) is 37.6. The van der Waals surface area contributed by atoms with Crippen LogP contribution >= 0.6 is 0 Å². The van der Waals surface area contributed by atoms with Crippen LogP contribution in [0.25, 0.3) is 0 Å². The number of methoxy groups -OCH3 is 2. The predicted molar refractivity (Wildman–Crippen MR) is 141 cm³/mol. The molecule has 0 aliphatic carbocycles. The molecule has 0 saturated heterocycles. The van der Waals surface area contributed by atoms with Crippen LogP contribution in [0.15, 0.2) is 65.6 Å². The molecule has 0 aliphatic rings. The lowest BCUT2D eigenvalue weighted by atomic mass is 9.97. The van der Waals surface area contributed by atoms with Crippen LogP contribution in [0.3, 0.4) is 0 Å². The second-order valence-electron chi connectivity index (χ2n) is 8.12. The average Bonchev–Trinajstić information content (AvgIpc) is 2.92. The topological polar surface area (TPSA) is 151 Å². The Bertz CT molecular complexity index is 1450. The van der Waals surface area contributed by atoms with Gasteiger partial charge in [-0.1, -0.05) is 25.5 Å². The van der Waals surface area contributed by atoms with Crippen LogP contribution in [0.4, 0.5) is 11.4 Å². The number of nitrogen functional groups attached to an aromatic ring is 1. The van der Waals surface area contributed by atoms with Gasteiger partial charge in [0.25, 0.3) is 10.0 Å². The van der Waals surface area contributed by atoms with Gasteiger partial charge in [0, 0.05) is 11.1 Å². The Labute approximate surface area is 220 Å². The van der Waals surface area contributed by atoms with E-state index in [9.17, 15) is 22.8 Å². The summed E-state index contributed by atoms with van der Waals surface area (Å²) in [6.45, 7) is 2.55. The summed E-state index contributed by atoms with van der Waals surface area (Å²) >= 11 is 0. The van der Waals surface area contributed by atoms with Crippen molar-refractivity contribution >= 4 is 39.1 Å². The van der Waals surface area contributed by atoms with Crippen molar-refractivity contribution in [3.8, 4) is 5.75 Å². The van der Waals surface area contributed by atoms with E-state index in [0.717, 1.165) is 20.0 Å². The Morgan fingerprint density at radius 2 is 1.55 bits per heavy atom. The van der Waals surface area contributed by atoms with Crippen molar-refractivity contribution in [1.82, 2.24) is 0 Å². The van der Waals surface area contributed by atoms with Crippen molar-refractivity contribution in [3.05, 3.63) is 82.9 Å². The van der Waals surface area contributed by atoms with Crippen molar-refractivity contribution in [1.29, 1.82) is 0 Å². The van der Waals surface area contributed by atoms with Gasteiger partial charge in [0.15, 0.2) is 5.78 Å². The molecule has 0 aromatic heterocycles. The lowest BCUT2D eigenvalue weighted by molar-refractivity contribution is 0.0593. The maximum absolute atomic E-state index is 13.2. The predicted octanol–water partition coefficient (Wildman–Crippen LogP) is 4.05. The fourth-order valence-electron chi connectivity index (χ4n) is 3.54. The minimum absolute atomic E-state index is 0.0745. The molecule has 11 heteroatoms. The van der Waals surface area contributed by atoms with Gasteiger partial charge in [-0.15, -0.1) is 0 Å². The second kappa shape index (κ2) is 12.2. The molecule has 38 heavy (non-hydrogen) atoms. The fourth-order valence-corrected chi connectivity index (χ4v) is 4.61. The zero-order chi connectivity index (χ0) is 27.9. The van der Waals surface area contributed by atoms with Gasteiger partial charge in [-0.2, -0.15) is 0 Å². The highest BCUT2D eigenvalue weighted by atomic mass is 32.2. The summed E-state index contributed by atoms with van der Waals surface area (Å²) in [5.74, 6) is -1.64. The summed E-state index contributed by atoms with van der Waals surface area (Å²) in [7, 11) is -1.83. The normalized spacial score (nSPS) is 10.9. The zero-order valence-electron chi connectivity index (χ0n) is 21.1. The maximum Gasteiger partial charge on any atom is 0.342 e. The van der Waals surface area contributed by atoms with Crippen LogP contribution in [-0.2, 0) is 19.5 Å². The lowest BCUT2D eigenvalue weighted by Gasteiger charge is -2.16. The number of carbonyl (C=O) groups excluding carboxylic acids is 3. The molecule has 0 heterocycles. The number of anilines is 2. The largest absolute Gasteiger partial charge is 0.494 e. The van der Waals surface area contributed by atoms with Gasteiger partial charge in [-0.25, -0.2) is 18.0 Å². The number of nitrogens with one attached hydrogen (secondary N) is 1. The van der Waals surface area contributed by atoms with Crippen LogP contribution < -0.4 is 15.2 Å². The van der Waals surface area contributed by atoms with Crippen molar-refractivity contribution < 1.29 is 37.0 Å². The molecule has 0 bridgehead atoms. The zero-order valence-corrected chi connectivity index (χ0v) is 22.0. The smallest absolute Gasteiger partial charge is 0.342 e. The van der Waals surface area contributed by atoms with E-state index in [1.165, 1.54) is 67.8 Å². The van der Waals surface area contributed by atoms with Crippen LogP contribution in [0.1, 0.15) is 56.4 Å². The van der Waals surface area contributed by atoms with Crippen LogP contribution in [0, 0.1) is 0 Å². The van der Waals surface area contributed by atoms with Gasteiger partial charge in [-0.3, -0.25) is 9.52 Å². The molecule has 0 spiro atoms. The highest BCUT2D eigenvalue weighted by molar-refractivity contribution is 7.92. The molecule has 10 nitrogen and oxygen atoms in total. The standard InChI is InChI=1S/C27H28N2O8S/c1-4-5-15-37-19-9-11-20(12-10-19)38(33,34)29-22-14-13-21(24(28)23(22)27(32)36-3)25(30)17-7-6-8-18(16-17)26(31)35-2/h6-14,16,29H,4-5,15,28H2,1-3H3. The molecule has 200 valence electrons. The number of hydrogen-bond donors (Lipinski definition) is 2. The van der Waals surface area contributed by atoms with E-state index in [2.05, 4.69) is 9.46 Å². The quantitative estimate of drug-likeness (QED) is 0.159. The molecule has 0 atom stereocenters. The molecule has 3 rings (SSSR count). The highest BCUT2D eigenvalue weighted by Crippen LogP contribution is 2.31. The Hall–Kier alpha value is -4.38. The number of rotatable bonds is 11. The SMILES string of the molecule is CCCCOc1ccc(S(=O)(=O)Nc2ccc(C(=O)c3cccc(C(=O)OC)c3)c(N)c2C(=O)OC)cc1. The summed E-state index contributed by atoms with van der Waals surface area (Å²) in [5.41, 5.74) is 5.59. The first kappa shape index (κ1) is 28.2. The molecular formula is C27H28N2O8S. The van der Waals surface area contributed by atoms with Gasteiger partial charge < -0.3 is 19.9 Å². The molecule has 0 unspecified atom stereocenters. The van der Waals surface area contributed by atoms with E-state index in [0.29, 0.717) is 12.4 Å². The minimum Gasteiger partial charge on any atom is -0.494 e. The van der Waals surface area contributed by atoms with E-state index in [-0.39, 0.29) is 38.5 Å². The molecular weight excluding hydrogens is 512 g/mol. The second-order valence-corrected chi connectivity index (χ2v) is 9.80. The van der Waals surface area contributed by atoms with E-state index < -0.39 is 27.7 Å². The number of ether oxygens (including phenoxy) is 3. The van der Waals surface area contributed by atoms with Gasteiger partial charge in [0.1, 0.15) is 11.3 Å². The number of carbonyl (C=O) groups is 3. The van der Waals surface area contributed by atoms with E-state index >= 15 is 0 Å². The first-order chi connectivity index (χ1) is 18.1. The number of benzene rings is 3. The van der Waals surface area contributed by atoms with Crippen molar-refractivity contribution in [2.45, 2.75) is 24.7 Å². The third-order valence-corrected chi connectivity index (χ3v) is 6.95. The third-order valence-electron chi connectivity index (χ3n) is 5.57. The van der Waals surface area contributed by atoms with Gasteiger partial charge >= 0.3 is 11.9 Å². The van der Waals surface area contributed by atoms with Gasteiger partial charge in [0.05, 0.1) is 42.7 Å². The van der Waals surface area contributed by atoms with Crippen LogP contribution in [-0.4, -0.2) is 47.0 Å². The monoisotopic (exact) mass is 540 g/mol. The van der Waals surface area contributed by atoms with Crippen molar-refractivity contribution in [2.75, 3.05) is 31.3 Å². The fraction of sp³-hybridized carbons (Fsp3) is 0.222. The molecule has 0 fully saturated rings. The summed E-state index contributed by atoms with van der Waals surface area (Å²) in [6, 6.07) is 14.1. The number of nitrogens with two attached hydrogens (primary N) is 1.